The first kappa shape index (κ1) is 12.6. The van der Waals surface area contributed by atoms with E-state index in [4.69, 9.17) is 5.26 Å². The van der Waals surface area contributed by atoms with Gasteiger partial charge >= 0.3 is 0 Å². The van der Waals surface area contributed by atoms with Crippen LogP contribution >= 0.6 is 0 Å². The number of carbonyl (C=O) groups excluding carboxylic acids is 1. The second kappa shape index (κ2) is 5.63. The number of hydrogen-bond acceptors (Lipinski definition) is 3. The molecule has 0 atom stereocenters. The molecule has 0 N–H and O–H groups in total. The second-order valence-corrected chi connectivity index (χ2v) is 4.69. The van der Waals surface area contributed by atoms with Crippen LogP contribution in [0, 0.1) is 18.3 Å². The highest BCUT2D eigenvalue weighted by Gasteiger charge is 2.27. The van der Waals surface area contributed by atoms with Crippen LogP contribution < -0.4 is 0 Å². The Morgan fingerprint density at radius 2 is 2.22 bits per heavy atom. The van der Waals surface area contributed by atoms with Crippen molar-refractivity contribution in [3.63, 3.8) is 0 Å². The van der Waals surface area contributed by atoms with E-state index in [1.165, 1.54) is 0 Å². The molecule has 18 heavy (non-hydrogen) atoms. The lowest BCUT2D eigenvalue weighted by Gasteiger charge is -2.26. The number of nitrogens with zero attached hydrogens (tertiary/aromatic N) is 3. The normalized spacial score (nSPS) is 15.3. The van der Waals surface area contributed by atoms with Gasteiger partial charge in [-0.1, -0.05) is 18.9 Å². The van der Waals surface area contributed by atoms with Crippen LogP contribution in [-0.2, 0) is 0 Å². The van der Waals surface area contributed by atoms with E-state index in [9.17, 15) is 4.79 Å². The molecule has 1 fully saturated rings. The molecule has 1 amide bonds. The second-order valence-electron chi connectivity index (χ2n) is 4.69. The molecule has 0 spiro atoms. The minimum atomic E-state index is -0.118. The van der Waals surface area contributed by atoms with Crippen LogP contribution in [0.3, 0.4) is 0 Å². The standard InChI is InChI=1S/C14H17N3O/c1-11-5-4-8-13(16-11)14(18)17(10-9-15)12-6-2-3-7-12/h4-5,8,12H,2-3,6-7,10H2,1H3. The van der Waals surface area contributed by atoms with Gasteiger partial charge in [-0.2, -0.15) is 5.26 Å². The average Bonchev–Trinajstić information content (AvgIpc) is 2.89. The molecule has 1 aromatic rings. The molecule has 94 valence electrons. The van der Waals surface area contributed by atoms with Crippen molar-refractivity contribution in [2.45, 2.75) is 38.6 Å². The van der Waals surface area contributed by atoms with Crippen LogP contribution in [0.1, 0.15) is 41.9 Å². The van der Waals surface area contributed by atoms with Gasteiger partial charge in [-0.25, -0.2) is 4.98 Å². The SMILES string of the molecule is Cc1cccc(C(=O)N(CC#N)C2CCCC2)n1. The number of amides is 1. The smallest absolute Gasteiger partial charge is 0.273 e. The summed E-state index contributed by atoms with van der Waals surface area (Å²) in [6, 6.07) is 7.70. The fourth-order valence-corrected chi connectivity index (χ4v) is 2.47. The minimum Gasteiger partial charge on any atom is -0.321 e. The number of pyridine rings is 1. The van der Waals surface area contributed by atoms with Crippen LogP contribution in [0.5, 0.6) is 0 Å². The molecular formula is C14H17N3O. The molecular weight excluding hydrogens is 226 g/mol. The maximum absolute atomic E-state index is 12.4. The highest BCUT2D eigenvalue weighted by Crippen LogP contribution is 2.24. The Balaban J connectivity index is 2.20. The maximum atomic E-state index is 12.4. The first-order chi connectivity index (χ1) is 8.72. The summed E-state index contributed by atoms with van der Waals surface area (Å²) in [6.07, 6.45) is 4.28. The Labute approximate surface area is 107 Å². The molecule has 1 aromatic heterocycles. The lowest BCUT2D eigenvalue weighted by Crippen LogP contribution is -2.39. The summed E-state index contributed by atoms with van der Waals surface area (Å²) in [4.78, 5) is 18.3. The van der Waals surface area contributed by atoms with E-state index >= 15 is 0 Å². The van der Waals surface area contributed by atoms with E-state index < -0.39 is 0 Å². The van der Waals surface area contributed by atoms with Gasteiger partial charge in [0.25, 0.3) is 5.91 Å². The predicted molar refractivity (Wildman–Crippen MR) is 67.9 cm³/mol. The van der Waals surface area contributed by atoms with Gasteiger partial charge in [0.1, 0.15) is 12.2 Å². The lowest BCUT2D eigenvalue weighted by molar-refractivity contribution is 0.0703. The monoisotopic (exact) mass is 243 g/mol. The highest BCUT2D eigenvalue weighted by molar-refractivity contribution is 5.92. The van der Waals surface area contributed by atoms with E-state index in [-0.39, 0.29) is 18.5 Å². The maximum Gasteiger partial charge on any atom is 0.273 e. The van der Waals surface area contributed by atoms with Crippen LogP contribution in [-0.4, -0.2) is 28.4 Å². The largest absolute Gasteiger partial charge is 0.321 e. The zero-order valence-corrected chi connectivity index (χ0v) is 10.6. The van der Waals surface area contributed by atoms with Crippen molar-refractivity contribution in [2.75, 3.05) is 6.54 Å². The minimum absolute atomic E-state index is 0.118. The first-order valence-corrected chi connectivity index (χ1v) is 6.34. The van der Waals surface area contributed by atoms with Crippen molar-refractivity contribution < 1.29 is 4.79 Å². The summed E-state index contributed by atoms with van der Waals surface area (Å²) in [5.74, 6) is -0.118. The molecule has 4 nitrogen and oxygen atoms in total. The number of carbonyl (C=O) groups is 1. The molecule has 4 heteroatoms. The molecule has 0 unspecified atom stereocenters. The predicted octanol–water partition coefficient (Wildman–Crippen LogP) is 2.30. The Bertz CT molecular complexity index is 472. The molecule has 1 aliphatic rings. The topological polar surface area (TPSA) is 57.0 Å². The number of aryl methyl sites for hydroxylation is 1. The number of rotatable bonds is 3. The molecule has 2 rings (SSSR count). The van der Waals surface area contributed by atoms with Crippen molar-refractivity contribution in [3.8, 4) is 6.07 Å². The van der Waals surface area contributed by atoms with Crippen molar-refractivity contribution in [3.05, 3.63) is 29.6 Å². The van der Waals surface area contributed by atoms with Gasteiger partial charge in [0.2, 0.25) is 0 Å². The third-order valence-corrected chi connectivity index (χ3v) is 3.37. The summed E-state index contributed by atoms with van der Waals surface area (Å²) in [7, 11) is 0. The Morgan fingerprint density at radius 3 is 2.83 bits per heavy atom. The highest BCUT2D eigenvalue weighted by atomic mass is 16.2. The Morgan fingerprint density at radius 1 is 1.50 bits per heavy atom. The molecule has 0 aromatic carbocycles. The number of nitriles is 1. The number of hydrogen-bond donors (Lipinski definition) is 0. The summed E-state index contributed by atoms with van der Waals surface area (Å²) in [6.45, 7) is 2.01. The van der Waals surface area contributed by atoms with Crippen molar-refractivity contribution in [2.24, 2.45) is 0 Å². The quantitative estimate of drug-likeness (QED) is 0.765. The van der Waals surface area contributed by atoms with E-state index in [1.54, 1.807) is 11.0 Å². The van der Waals surface area contributed by atoms with Gasteiger partial charge in [0, 0.05) is 11.7 Å². The molecule has 0 aliphatic heterocycles. The van der Waals surface area contributed by atoms with Crippen molar-refractivity contribution >= 4 is 5.91 Å². The molecule has 0 bridgehead atoms. The zero-order chi connectivity index (χ0) is 13.0. The summed E-state index contributed by atoms with van der Waals surface area (Å²) in [5, 5.41) is 8.88. The third-order valence-electron chi connectivity index (χ3n) is 3.37. The van der Waals surface area contributed by atoms with Gasteiger partial charge in [-0.3, -0.25) is 4.79 Å². The fraction of sp³-hybridized carbons (Fsp3) is 0.500. The van der Waals surface area contributed by atoms with Gasteiger partial charge in [-0.15, -0.1) is 0 Å². The fourth-order valence-electron chi connectivity index (χ4n) is 2.47. The van der Waals surface area contributed by atoms with E-state index in [1.807, 2.05) is 19.1 Å². The van der Waals surface area contributed by atoms with Gasteiger partial charge < -0.3 is 4.90 Å². The Hall–Kier alpha value is -1.89. The average molecular weight is 243 g/mol. The van der Waals surface area contributed by atoms with Gasteiger partial charge in [0.05, 0.1) is 6.07 Å². The lowest BCUT2D eigenvalue weighted by atomic mass is 10.2. The number of aromatic nitrogens is 1. The zero-order valence-electron chi connectivity index (χ0n) is 10.6. The molecule has 1 saturated carbocycles. The van der Waals surface area contributed by atoms with E-state index in [0.717, 1.165) is 31.4 Å². The van der Waals surface area contributed by atoms with E-state index in [2.05, 4.69) is 11.1 Å². The van der Waals surface area contributed by atoms with E-state index in [0.29, 0.717) is 5.69 Å². The van der Waals surface area contributed by atoms with Gasteiger partial charge in [0.15, 0.2) is 0 Å². The summed E-state index contributed by atoms with van der Waals surface area (Å²) < 4.78 is 0. The van der Waals surface area contributed by atoms with Crippen LogP contribution in [0.15, 0.2) is 18.2 Å². The third kappa shape index (κ3) is 2.67. The summed E-state index contributed by atoms with van der Waals surface area (Å²) >= 11 is 0. The van der Waals surface area contributed by atoms with Crippen molar-refractivity contribution in [1.82, 2.24) is 9.88 Å². The van der Waals surface area contributed by atoms with Gasteiger partial charge in [-0.05, 0) is 31.9 Å². The first-order valence-electron chi connectivity index (χ1n) is 6.34. The molecule has 1 heterocycles. The van der Waals surface area contributed by atoms with Crippen LogP contribution in [0.25, 0.3) is 0 Å². The van der Waals surface area contributed by atoms with Crippen molar-refractivity contribution in [1.29, 1.82) is 5.26 Å². The van der Waals surface area contributed by atoms with Crippen LogP contribution in [0.4, 0.5) is 0 Å². The van der Waals surface area contributed by atoms with Crippen LogP contribution in [0.2, 0.25) is 0 Å². The molecule has 0 radical (unpaired) electrons. The molecule has 1 aliphatic carbocycles. The molecule has 0 saturated heterocycles. The Kier molecular flexibility index (Phi) is 3.93. The summed E-state index contributed by atoms with van der Waals surface area (Å²) in [5.41, 5.74) is 1.27.